The van der Waals surface area contributed by atoms with Crippen molar-refractivity contribution in [3.63, 3.8) is 0 Å². The summed E-state index contributed by atoms with van der Waals surface area (Å²) in [7, 11) is 0. The first-order chi connectivity index (χ1) is 11.9. The number of carboxylic acids is 1. The minimum atomic E-state index is -1.23. The first kappa shape index (κ1) is 17.1. The fraction of sp³-hybridized carbons (Fsp3) is 0.0588. The Hall–Kier alpha value is -2.70. The van der Waals surface area contributed by atoms with Crippen molar-refractivity contribution in [2.75, 3.05) is 4.90 Å². The van der Waals surface area contributed by atoms with Gasteiger partial charge in [-0.15, -0.1) is 11.6 Å². The molecule has 126 valence electrons. The van der Waals surface area contributed by atoms with Crippen LogP contribution in [0.3, 0.4) is 0 Å². The second kappa shape index (κ2) is 6.66. The molecule has 1 fully saturated rings. The number of nitrogens with zero attached hydrogens (tertiary/aromatic N) is 2. The largest absolute Gasteiger partial charge is 0.478 e. The Bertz CT molecular complexity index is 909. The van der Waals surface area contributed by atoms with Crippen molar-refractivity contribution < 1.29 is 19.5 Å². The lowest BCUT2D eigenvalue weighted by atomic mass is 10.2. The molecule has 8 heteroatoms. The van der Waals surface area contributed by atoms with Gasteiger partial charge in [-0.3, -0.25) is 9.59 Å². The van der Waals surface area contributed by atoms with Gasteiger partial charge in [-0.2, -0.15) is 0 Å². The molecule has 1 unspecified atom stereocenters. The van der Waals surface area contributed by atoms with E-state index in [1.165, 1.54) is 30.3 Å². The molecule has 1 N–H and O–H groups in total. The van der Waals surface area contributed by atoms with E-state index in [1.807, 2.05) is 0 Å². The molecule has 0 radical (unpaired) electrons. The van der Waals surface area contributed by atoms with Gasteiger partial charge in [0.05, 0.1) is 16.9 Å². The van der Waals surface area contributed by atoms with E-state index in [1.54, 1.807) is 18.2 Å². The summed E-state index contributed by atoms with van der Waals surface area (Å²) >= 11 is 12.0. The summed E-state index contributed by atoms with van der Waals surface area (Å²) < 4.78 is 0. The van der Waals surface area contributed by atoms with Crippen LogP contribution in [-0.2, 0) is 9.59 Å². The smallest absolute Gasteiger partial charge is 0.335 e. The van der Waals surface area contributed by atoms with E-state index >= 15 is 0 Å². The van der Waals surface area contributed by atoms with Crippen LogP contribution in [0, 0.1) is 0 Å². The zero-order valence-electron chi connectivity index (χ0n) is 12.5. The molecule has 0 aliphatic carbocycles. The molecule has 0 aromatic heterocycles. The summed E-state index contributed by atoms with van der Waals surface area (Å²) in [5.74, 6) is -2.34. The minimum Gasteiger partial charge on any atom is -0.478 e. The number of carbonyl (C=O) groups excluding carboxylic acids is 2. The number of carboxylic acid groups (broad SMARTS) is 1. The molecule has 0 bridgehead atoms. The highest BCUT2D eigenvalue weighted by molar-refractivity contribution is 6.68. The van der Waals surface area contributed by atoms with E-state index in [4.69, 9.17) is 28.3 Å². The van der Waals surface area contributed by atoms with E-state index in [9.17, 15) is 14.4 Å². The number of alkyl halides is 1. The van der Waals surface area contributed by atoms with Crippen molar-refractivity contribution in [2.45, 2.75) is 5.38 Å². The Kier molecular flexibility index (Phi) is 4.57. The first-order valence-electron chi connectivity index (χ1n) is 7.08. The van der Waals surface area contributed by atoms with Crippen molar-refractivity contribution in [1.29, 1.82) is 0 Å². The molecule has 0 saturated carbocycles. The summed E-state index contributed by atoms with van der Waals surface area (Å²) in [6.45, 7) is 0. The number of hydrogen-bond donors (Lipinski definition) is 1. The molecule has 1 saturated heterocycles. The molecular formula is C17H10Cl2N2O4. The fourth-order valence-corrected chi connectivity index (χ4v) is 2.76. The predicted octanol–water partition coefficient (Wildman–Crippen LogP) is 3.29. The molecule has 3 rings (SSSR count). The molecule has 1 heterocycles. The summed E-state index contributed by atoms with van der Waals surface area (Å²) in [6.07, 6.45) is 0. The maximum Gasteiger partial charge on any atom is 0.335 e. The quantitative estimate of drug-likeness (QED) is 0.657. The molecule has 2 amide bonds. The van der Waals surface area contributed by atoms with Gasteiger partial charge in [-0.25, -0.2) is 14.7 Å². The number of benzene rings is 2. The van der Waals surface area contributed by atoms with Gasteiger partial charge in [0.15, 0.2) is 5.38 Å². The van der Waals surface area contributed by atoms with E-state index in [0.717, 1.165) is 4.90 Å². The Balaban J connectivity index is 1.96. The van der Waals surface area contributed by atoms with Crippen LogP contribution in [0.1, 0.15) is 10.4 Å². The standard InChI is InChI=1S/C17H10Cl2N2O4/c18-10-2-1-3-12(8-10)21-15(22)13(19)14(16(21)23)20-11-6-4-9(5-7-11)17(24)25/h1-8,13H,(H,24,25). The molecule has 0 spiro atoms. The lowest BCUT2D eigenvalue weighted by molar-refractivity contribution is -0.120. The highest BCUT2D eigenvalue weighted by Gasteiger charge is 2.44. The summed E-state index contributed by atoms with van der Waals surface area (Å²) in [4.78, 5) is 40.8. The van der Waals surface area contributed by atoms with Crippen LogP contribution in [-0.4, -0.2) is 34.0 Å². The zero-order chi connectivity index (χ0) is 18.1. The summed E-state index contributed by atoms with van der Waals surface area (Å²) in [5, 5.41) is 8.03. The van der Waals surface area contributed by atoms with Gasteiger partial charge in [0.2, 0.25) is 0 Å². The molecule has 2 aromatic carbocycles. The molecule has 25 heavy (non-hydrogen) atoms. The number of amides is 2. The number of imide groups is 1. The predicted molar refractivity (Wildman–Crippen MR) is 94.1 cm³/mol. The van der Waals surface area contributed by atoms with Crippen LogP contribution in [0.4, 0.5) is 11.4 Å². The molecule has 1 aliphatic heterocycles. The average Bonchev–Trinajstić information content (AvgIpc) is 2.79. The summed E-state index contributed by atoms with van der Waals surface area (Å²) in [5.41, 5.74) is 0.579. The Labute approximate surface area is 152 Å². The number of halogens is 2. The fourth-order valence-electron chi connectivity index (χ4n) is 2.34. The number of hydrogen-bond acceptors (Lipinski definition) is 4. The maximum absolute atomic E-state index is 12.6. The SMILES string of the molecule is O=C(O)c1ccc(N=C2C(=O)N(c3cccc(Cl)c3)C(=O)C2Cl)cc1. The third kappa shape index (κ3) is 3.26. The van der Waals surface area contributed by atoms with Gasteiger partial charge >= 0.3 is 5.97 Å². The normalized spacial score (nSPS) is 18.9. The van der Waals surface area contributed by atoms with Crippen molar-refractivity contribution >= 4 is 58.1 Å². The first-order valence-corrected chi connectivity index (χ1v) is 7.90. The van der Waals surface area contributed by atoms with Crippen LogP contribution in [0.5, 0.6) is 0 Å². The number of carbonyl (C=O) groups is 3. The Morgan fingerprint density at radius 1 is 1.12 bits per heavy atom. The number of aromatic carboxylic acids is 1. The van der Waals surface area contributed by atoms with E-state index in [-0.39, 0.29) is 11.3 Å². The van der Waals surface area contributed by atoms with Crippen LogP contribution >= 0.6 is 23.2 Å². The van der Waals surface area contributed by atoms with Gasteiger partial charge in [-0.05, 0) is 42.5 Å². The Morgan fingerprint density at radius 3 is 2.40 bits per heavy atom. The van der Waals surface area contributed by atoms with Crippen LogP contribution in [0.2, 0.25) is 5.02 Å². The molecular weight excluding hydrogens is 367 g/mol. The number of aliphatic imine (C=N–C) groups is 1. The van der Waals surface area contributed by atoms with Gasteiger partial charge in [0, 0.05) is 5.02 Å². The van der Waals surface area contributed by atoms with Crippen molar-refractivity contribution in [3.05, 3.63) is 59.1 Å². The molecule has 1 atom stereocenters. The van der Waals surface area contributed by atoms with Crippen LogP contribution in [0.25, 0.3) is 0 Å². The van der Waals surface area contributed by atoms with Gasteiger partial charge in [-0.1, -0.05) is 17.7 Å². The number of anilines is 1. The van der Waals surface area contributed by atoms with Crippen molar-refractivity contribution in [3.8, 4) is 0 Å². The Morgan fingerprint density at radius 2 is 1.80 bits per heavy atom. The minimum absolute atomic E-state index is 0.0840. The lowest BCUT2D eigenvalue weighted by Gasteiger charge is -2.13. The number of rotatable bonds is 3. The van der Waals surface area contributed by atoms with Gasteiger partial charge < -0.3 is 5.11 Å². The highest BCUT2D eigenvalue weighted by Crippen LogP contribution is 2.28. The molecule has 2 aromatic rings. The second-order valence-electron chi connectivity index (χ2n) is 5.17. The van der Waals surface area contributed by atoms with E-state index in [0.29, 0.717) is 16.4 Å². The van der Waals surface area contributed by atoms with Crippen LogP contribution in [0.15, 0.2) is 53.5 Å². The van der Waals surface area contributed by atoms with Gasteiger partial charge in [0.1, 0.15) is 5.71 Å². The second-order valence-corrected chi connectivity index (χ2v) is 6.04. The monoisotopic (exact) mass is 376 g/mol. The van der Waals surface area contributed by atoms with Crippen LogP contribution < -0.4 is 4.90 Å². The highest BCUT2D eigenvalue weighted by atomic mass is 35.5. The zero-order valence-corrected chi connectivity index (χ0v) is 14.0. The average molecular weight is 377 g/mol. The van der Waals surface area contributed by atoms with Crippen molar-refractivity contribution in [2.24, 2.45) is 4.99 Å². The maximum atomic E-state index is 12.6. The third-order valence-corrected chi connectivity index (χ3v) is 4.16. The third-order valence-electron chi connectivity index (χ3n) is 3.53. The van der Waals surface area contributed by atoms with Gasteiger partial charge in [0.25, 0.3) is 11.8 Å². The lowest BCUT2D eigenvalue weighted by Crippen LogP contribution is -2.31. The topological polar surface area (TPSA) is 87.0 Å². The van der Waals surface area contributed by atoms with Crippen molar-refractivity contribution in [1.82, 2.24) is 0 Å². The summed E-state index contributed by atoms with van der Waals surface area (Å²) in [6, 6.07) is 11.8. The van der Waals surface area contributed by atoms with E-state index in [2.05, 4.69) is 4.99 Å². The molecule has 1 aliphatic rings. The molecule has 6 nitrogen and oxygen atoms in total. The van der Waals surface area contributed by atoms with E-state index < -0.39 is 23.2 Å².